The number of ether oxygens (including phenoxy) is 1. The highest BCUT2D eigenvalue weighted by atomic mass is 32.2. The molecule has 1 aliphatic carbocycles. The SMILES string of the molecule is CN(C1CCCCC1)S(=O)(=O)c1ccccc1NC(=O)COc1cccnc1[N+](=O)[O-]. The summed E-state index contributed by atoms with van der Waals surface area (Å²) < 4.78 is 33.0. The molecule has 1 aliphatic rings. The smallest absolute Gasteiger partial charge is 0.406 e. The predicted octanol–water partition coefficient (Wildman–Crippen LogP) is 2.96. The van der Waals surface area contributed by atoms with Gasteiger partial charge < -0.3 is 20.2 Å². The minimum atomic E-state index is -3.82. The fraction of sp³-hybridized carbons (Fsp3) is 0.400. The van der Waals surface area contributed by atoms with Crippen molar-refractivity contribution in [2.24, 2.45) is 0 Å². The summed E-state index contributed by atoms with van der Waals surface area (Å²) in [5.74, 6) is -1.31. The Labute approximate surface area is 180 Å². The van der Waals surface area contributed by atoms with Gasteiger partial charge in [-0.05, 0) is 47.0 Å². The number of aromatic nitrogens is 1. The van der Waals surface area contributed by atoms with Gasteiger partial charge in [-0.15, -0.1) is 0 Å². The maximum absolute atomic E-state index is 13.2. The van der Waals surface area contributed by atoms with Gasteiger partial charge in [-0.2, -0.15) is 4.31 Å². The Morgan fingerprint density at radius 3 is 2.65 bits per heavy atom. The monoisotopic (exact) mass is 448 g/mol. The quantitative estimate of drug-likeness (QED) is 0.485. The first kappa shape index (κ1) is 22.6. The van der Waals surface area contributed by atoms with Gasteiger partial charge >= 0.3 is 5.82 Å². The fourth-order valence-electron chi connectivity index (χ4n) is 3.55. The summed E-state index contributed by atoms with van der Waals surface area (Å²) in [5, 5.41) is 13.5. The first-order valence-corrected chi connectivity index (χ1v) is 11.3. The third-order valence-corrected chi connectivity index (χ3v) is 7.16. The lowest BCUT2D eigenvalue weighted by molar-refractivity contribution is -0.390. The highest BCUT2D eigenvalue weighted by Gasteiger charge is 2.31. The van der Waals surface area contributed by atoms with E-state index in [-0.39, 0.29) is 22.4 Å². The van der Waals surface area contributed by atoms with E-state index in [2.05, 4.69) is 10.3 Å². The molecule has 166 valence electrons. The van der Waals surface area contributed by atoms with Crippen LogP contribution in [0.15, 0.2) is 47.5 Å². The number of benzene rings is 1. The second-order valence-corrected chi connectivity index (χ2v) is 9.19. The Bertz CT molecular complexity index is 1050. The lowest BCUT2D eigenvalue weighted by Crippen LogP contribution is -2.38. The van der Waals surface area contributed by atoms with Gasteiger partial charge in [-0.1, -0.05) is 31.4 Å². The molecule has 0 spiro atoms. The largest absolute Gasteiger partial charge is 0.476 e. The summed E-state index contributed by atoms with van der Waals surface area (Å²) in [6, 6.07) is 8.84. The summed E-state index contributed by atoms with van der Waals surface area (Å²) in [6.07, 6.45) is 5.94. The van der Waals surface area contributed by atoms with E-state index in [0.717, 1.165) is 32.1 Å². The molecule has 0 saturated heterocycles. The lowest BCUT2D eigenvalue weighted by atomic mass is 9.96. The van der Waals surface area contributed by atoms with Crippen LogP contribution in [0.5, 0.6) is 5.75 Å². The number of carbonyl (C=O) groups excluding carboxylic acids is 1. The maximum Gasteiger partial charge on any atom is 0.406 e. The van der Waals surface area contributed by atoms with E-state index in [1.165, 1.54) is 34.8 Å². The van der Waals surface area contributed by atoms with Crippen LogP contribution < -0.4 is 10.1 Å². The number of nitrogens with zero attached hydrogens (tertiary/aromatic N) is 3. The highest BCUT2D eigenvalue weighted by Crippen LogP contribution is 2.30. The molecule has 0 unspecified atom stereocenters. The molecule has 1 heterocycles. The van der Waals surface area contributed by atoms with E-state index in [0.29, 0.717) is 0 Å². The molecule has 0 radical (unpaired) electrons. The van der Waals surface area contributed by atoms with Gasteiger partial charge in [0.25, 0.3) is 5.91 Å². The number of hydrogen-bond donors (Lipinski definition) is 1. The average molecular weight is 449 g/mol. The molecule has 1 aromatic carbocycles. The molecule has 1 fully saturated rings. The van der Waals surface area contributed by atoms with Crippen LogP contribution in [-0.2, 0) is 14.8 Å². The summed E-state index contributed by atoms with van der Waals surface area (Å²) in [7, 11) is -2.26. The number of hydrogen-bond acceptors (Lipinski definition) is 7. The zero-order valence-corrected chi connectivity index (χ0v) is 17.9. The van der Waals surface area contributed by atoms with Crippen LogP contribution in [0.3, 0.4) is 0 Å². The molecule has 1 aromatic heterocycles. The van der Waals surface area contributed by atoms with E-state index in [4.69, 9.17) is 4.74 Å². The summed E-state index contributed by atoms with van der Waals surface area (Å²) in [4.78, 5) is 26.3. The minimum absolute atomic E-state index is 0.0104. The van der Waals surface area contributed by atoms with Gasteiger partial charge in [0.1, 0.15) is 11.1 Å². The van der Waals surface area contributed by atoms with Crippen molar-refractivity contribution in [2.75, 3.05) is 19.0 Å². The molecule has 2 aromatic rings. The van der Waals surface area contributed by atoms with Crippen LogP contribution in [0.1, 0.15) is 32.1 Å². The fourth-order valence-corrected chi connectivity index (χ4v) is 5.11. The Kier molecular flexibility index (Phi) is 7.18. The van der Waals surface area contributed by atoms with Crippen molar-refractivity contribution in [1.29, 1.82) is 0 Å². The van der Waals surface area contributed by atoms with E-state index in [1.807, 2.05) is 0 Å². The average Bonchev–Trinajstić information content (AvgIpc) is 2.78. The van der Waals surface area contributed by atoms with Crippen LogP contribution in [0.4, 0.5) is 11.5 Å². The number of nitrogens with one attached hydrogen (secondary N) is 1. The van der Waals surface area contributed by atoms with Gasteiger partial charge in [-0.25, -0.2) is 8.42 Å². The van der Waals surface area contributed by atoms with Crippen molar-refractivity contribution >= 4 is 27.4 Å². The molecule has 0 bridgehead atoms. The van der Waals surface area contributed by atoms with Gasteiger partial charge in [-0.3, -0.25) is 4.79 Å². The molecule has 1 saturated carbocycles. The molecular formula is C20H24N4O6S. The van der Waals surface area contributed by atoms with Gasteiger partial charge in [0, 0.05) is 13.1 Å². The van der Waals surface area contributed by atoms with E-state index in [9.17, 15) is 23.3 Å². The number of carbonyl (C=O) groups is 1. The number of amides is 1. The first-order chi connectivity index (χ1) is 14.8. The summed E-state index contributed by atoms with van der Waals surface area (Å²) in [5.41, 5.74) is 0.124. The number of rotatable bonds is 8. The number of pyridine rings is 1. The van der Waals surface area contributed by atoms with Crippen molar-refractivity contribution in [1.82, 2.24) is 9.29 Å². The van der Waals surface area contributed by atoms with E-state index < -0.39 is 33.3 Å². The van der Waals surface area contributed by atoms with Crippen molar-refractivity contribution in [3.8, 4) is 5.75 Å². The molecular weight excluding hydrogens is 424 g/mol. The number of anilines is 1. The van der Waals surface area contributed by atoms with Gasteiger partial charge in [0.2, 0.25) is 15.8 Å². The minimum Gasteiger partial charge on any atom is -0.476 e. The number of para-hydroxylation sites is 1. The number of nitro groups is 1. The second-order valence-electron chi connectivity index (χ2n) is 7.23. The van der Waals surface area contributed by atoms with Crippen molar-refractivity contribution in [2.45, 2.75) is 43.0 Å². The highest BCUT2D eigenvalue weighted by molar-refractivity contribution is 7.89. The van der Waals surface area contributed by atoms with Gasteiger partial charge in [0.15, 0.2) is 6.61 Å². The third kappa shape index (κ3) is 5.36. The molecule has 11 heteroatoms. The topological polar surface area (TPSA) is 132 Å². The molecule has 10 nitrogen and oxygen atoms in total. The Balaban J connectivity index is 1.73. The molecule has 31 heavy (non-hydrogen) atoms. The zero-order chi connectivity index (χ0) is 22.4. The zero-order valence-electron chi connectivity index (χ0n) is 17.1. The van der Waals surface area contributed by atoms with Crippen LogP contribution in [0, 0.1) is 10.1 Å². The van der Waals surface area contributed by atoms with Crippen LogP contribution in [0.2, 0.25) is 0 Å². The number of sulfonamides is 1. The molecule has 0 aliphatic heterocycles. The predicted molar refractivity (Wildman–Crippen MR) is 113 cm³/mol. The Morgan fingerprint density at radius 1 is 1.23 bits per heavy atom. The van der Waals surface area contributed by atoms with E-state index in [1.54, 1.807) is 19.2 Å². The normalized spacial score (nSPS) is 14.9. The van der Waals surface area contributed by atoms with Crippen molar-refractivity contribution < 1.29 is 22.9 Å². The Hall–Kier alpha value is -3.05. The van der Waals surface area contributed by atoms with Crippen LogP contribution >= 0.6 is 0 Å². The summed E-state index contributed by atoms with van der Waals surface area (Å²) >= 11 is 0. The molecule has 1 amide bonds. The molecule has 0 atom stereocenters. The van der Waals surface area contributed by atoms with Crippen molar-refractivity contribution in [3.05, 3.63) is 52.7 Å². The van der Waals surface area contributed by atoms with Gasteiger partial charge in [0.05, 0.1) is 5.69 Å². The maximum atomic E-state index is 13.2. The lowest BCUT2D eigenvalue weighted by Gasteiger charge is -2.30. The van der Waals surface area contributed by atoms with E-state index >= 15 is 0 Å². The second kappa shape index (κ2) is 9.84. The molecule has 3 rings (SSSR count). The third-order valence-electron chi connectivity index (χ3n) is 5.19. The van der Waals surface area contributed by atoms with Crippen LogP contribution in [-0.4, -0.2) is 48.2 Å². The Morgan fingerprint density at radius 2 is 1.94 bits per heavy atom. The summed E-state index contributed by atoms with van der Waals surface area (Å²) in [6.45, 7) is -0.542. The molecule has 1 N–H and O–H groups in total. The van der Waals surface area contributed by atoms with Crippen molar-refractivity contribution in [3.63, 3.8) is 0 Å². The van der Waals surface area contributed by atoms with Crippen LogP contribution in [0.25, 0.3) is 0 Å². The first-order valence-electron chi connectivity index (χ1n) is 9.90. The standard InChI is InChI=1S/C20H24N4O6S/c1-23(15-8-3-2-4-9-15)31(28,29)18-12-6-5-10-16(18)22-19(25)14-30-17-11-7-13-21-20(17)24(26)27/h5-7,10-13,15H,2-4,8-9,14H2,1H3,(H,22,25).